The lowest BCUT2D eigenvalue weighted by Crippen LogP contribution is -2.36. The van der Waals surface area contributed by atoms with E-state index in [1.165, 1.54) is 6.92 Å². The van der Waals surface area contributed by atoms with E-state index < -0.39 is 18.6 Å². The molecule has 76 valence electrons. The molecular formula is C8H12F3NO. The van der Waals surface area contributed by atoms with Gasteiger partial charge in [0.15, 0.2) is 0 Å². The number of carbonyl (C=O) groups is 1. The van der Waals surface area contributed by atoms with Crippen LogP contribution in [0.15, 0.2) is 0 Å². The molecule has 0 aromatic heterocycles. The van der Waals surface area contributed by atoms with Gasteiger partial charge in [-0.05, 0) is 19.8 Å². The smallest absolute Gasteiger partial charge is 0.353 e. The fourth-order valence-corrected chi connectivity index (χ4v) is 1.10. The zero-order chi connectivity index (χ0) is 10.1. The fraction of sp³-hybridized carbons (Fsp3) is 0.875. The Kier molecular flexibility index (Phi) is 2.83. The third-order valence-electron chi connectivity index (χ3n) is 1.87. The van der Waals surface area contributed by atoms with Crippen LogP contribution >= 0.6 is 0 Å². The van der Waals surface area contributed by atoms with E-state index in [4.69, 9.17) is 0 Å². The molecule has 0 bridgehead atoms. The Morgan fingerprint density at radius 3 is 2.46 bits per heavy atom. The number of halogens is 3. The minimum Gasteiger partial charge on any atom is -0.353 e. The Labute approximate surface area is 74.5 Å². The number of hydrogen-bond donors (Lipinski definition) is 1. The van der Waals surface area contributed by atoms with Crippen LogP contribution in [0.1, 0.15) is 26.2 Å². The first kappa shape index (κ1) is 10.3. The standard InChI is InChI=1S/C8H12F3NO/c1-5(4-8(9,10)11)12-7(13)6-2-3-6/h5-6H,2-4H2,1H3,(H,12,13). The number of alkyl halides is 3. The molecule has 0 saturated heterocycles. The minimum atomic E-state index is -4.20. The lowest BCUT2D eigenvalue weighted by molar-refractivity contribution is -0.141. The van der Waals surface area contributed by atoms with Crippen LogP contribution in [0, 0.1) is 5.92 Å². The van der Waals surface area contributed by atoms with Crippen LogP contribution in [0.5, 0.6) is 0 Å². The normalized spacial score (nSPS) is 19.7. The summed E-state index contributed by atoms with van der Waals surface area (Å²) in [5, 5.41) is 2.34. The van der Waals surface area contributed by atoms with Crippen molar-refractivity contribution < 1.29 is 18.0 Å². The fourth-order valence-electron chi connectivity index (χ4n) is 1.10. The van der Waals surface area contributed by atoms with Crippen molar-refractivity contribution in [2.45, 2.75) is 38.4 Å². The summed E-state index contributed by atoms with van der Waals surface area (Å²) in [7, 11) is 0. The van der Waals surface area contributed by atoms with Crippen molar-refractivity contribution in [3.8, 4) is 0 Å². The Balaban J connectivity index is 2.23. The highest BCUT2D eigenvalue weighted by Gasteiger charge is 2.34. The van der Waals surface area contributed by atoms with Crippen molar-refractivity contribution in [2.24, 2.45) is 5.92 Å². The van der Waals surface area contributed by atoms with Crippen molar-refractivity contribution in [1.82, 2.24) is 5.32 Å². The van der Waals surface area contributed by atoms with Crippen LogP contribution in [0.2, 0.25) is 0 Å². The SMILES string of the molecule is CC(CC(F)(F)F)NC(=O)C1CC1. The number of hydrogen-bond acceptors (Lipinski definition) is 1. The summed E-state index contributed by atoms with van der Waals surface area (Å²) in [6.07, 6.45) is -3.53. The van der Waals surface area contributed by atoms with Gasteiger partial charge in [-0.2, -0.15) is 13.2 Å². The van der Waals surface area contributed by atoms with E-state index in [2.05, 4.69) is 5.32 Å². The van der Waals surface area contributed by atoms with Gasteiger partial charge in [0.2, 0.25) is 5.91 Å². The van der Waals surface area contributed by atoms with E-state index in [1.807, 2.05) is 0 Å². The van der Waals surface area contributed by atoms with Gasteiger partial charge in [-0.1, -0.05) is 0 Å². The average Bonchev–Trinajstić information content (AvgIpc) is 2.60. The summed E-state index contributed by atoms with van der Waals surface area (Å²) in [6.45, 7) is 1.37. The molecule has 1 rings (SSSR count). The van der Waals surface area contributed by atoms with Crippen LogP contribution in [0.25, 0.3) is 0 Å². The van der Waals surface area contributed by atoms with E-state index >= 15 is 0 Å². The van der Waals surface area contributed by atoms with E-state index in [0.717, 1.165) is 12.8 Å². The van der Waals surface area contributed by atoms with Crippen molar-refractivity contribution in [1.29, 1.82) is 0 Å². The number of rotatable bonds is 3. The van der Waals surface area contributed by atoms with E-state index in [-0.39, 0.29) is 11.8 Å². The average molecular weight is 195 g/mol. The molecule has 2 nitrogen and oxygen atoms in total. The highest BCUT2D eigenvalue weighted by atomic mass is 19.4. The predicted molar refractivity (Wildman–Crippen MR) is 41.0 cm³/mol. The van der Waals surface area contributed by atoms with Crippen LogP contribution in [0.3, 0.4) is 0 Å². The van der Waals surface area contributed by atoms with Gasteiger partial charge in [0.25, 0.3) is 0 Å². The molecule has 0 radical (unpaired) electrons. The van der Waals surface area contributed by atoms with Gasteiger partial charge in [-0.15, -0.1) is 0 Å². The van der Waals surface area contributed by atoms with Gasteiger partial charge in [0.1, 0.15) is 0 Å². The molecule has 0 aromatic carbocycles. The zero-order valence-electron chi connectivity index (χ0n) is 7.32. The molecule has 0 heterocycles. The Morgan fingerprint density at radius 2 is 2.08 bits per heavy atom. The summed E-state index contributed by atoms with van der Waals surface area (Å²) in [5.74, 6) is -0.271. The molecule has 1 unspecified atom stereocenters. The summed E-state index contributed by atoms with van der Waals surface area (Å²) >= 11 is 0. The topological polar surface area (TPSA) is 29.1 Å². The number of amides is 1. The van der Waals surface area contributed by atoms with Crippen LogP contribution < -0.4 is 5.32 Å². The first-order valence-electron chi connectivity index (χ1n) is 4.25. The molecule has 0 aromatic rings. The molecule has 1 amide bonds. The lowest BCUT2D eigenvalue weighted by atomic mass is 10.2. The van der Waals surface area contributed by atoms with Crippen LogP contribution in [-0.4, -0.2) is 18.1 Å². The number of nitrogens with one attached hydrogen (secondary N) is 1. The maximum Gasteiger partial charge on any atom is 0.391 e. The molecule has 5 heteroatoms. The molecule has 0 spiro atoms. The largest absolute Gasteiger partial charge is 0.391 e. The van der Waals surface area contributed by atoms with Crippen LogP contribution in [-0.2, 0) is 4.79 Å². The summed E-state index contributed by atoms with van der Waals surface area (Å²) in [4.78, 5) is 11.0. The van der Waals surface area contributed by atoms with Gasteiger partial charge in [-0.25, -0.2) is 0 Å². The second-order valence-corrected chi connectivity index (χ2v) is 3.50. The number of carbonyl (C=O) groups excluding carboxylic acids is 1. The zero-order valence-corrected chi connectivity index (χ0v) is 7.32. The molecule has 1 aliphatic rings. The lowest BCUT2D eigenvalue weighted by Gasteiger charge is -2.15. The van der Waals surface area contributed by atoms with Crippen molar-refractivity contribution in [2.75, 3.05) is 0 Å². The van der Waals surface area contributed by atoms with Crippen molar-refractivity contribution >= 4 is 5.91 Å². The van der Waals surface area contributed by atoms with E-state index in [9.17, 15) is 18.0 Å². The van der Waals surface area contributed by atoms with E-state index in [1.54, 1.807) is 0 Å². The molecule has 1 aliphatic carbocycles. The third-order valence-corrected chi connectivity index (χ3v) is 1.87. The molecule has 13 heavy (non-hydrogen) atoms. The second-order valence-electron chi connectivity index (χ2n) is 3.50. The van der Waals surface area contributed by atoms with Gasteiger partial charge in [0.05, 0.1) is 6.42 Å². The highest BCUT2D eigenvalue weighted by molar-refractivity contribution is 5.81. The monoisotopic (exact) mass is 195 g/mol. The first-order valence-corrected chi connectivity index (χ1v) is 4.25. The van der Waals surface area contributed by atoms with Crippen molar-refractivity contribution in [3.63, 3.8) is 0 Å². The molecule has 1 saturated carbocycles. The molecule has 1 atom stereocenters. The first-order chi connectivity index (χ1) is 5.88. The quantitative estimate of drug-likeness (QED) is 0.731. The molecule has 1 fully saturated rings. The highest BCUT2D eigenvalue weighted by Crippen LogP contribution is 2.29. The Hall–Kier alpha value is -0.740. The predicted octanol–water partition coefficient (Wildman–Crippen LogP) is 1.85. The van der Waals surface area contributed by atoms with Gasteiger partial charge in [-0.3, -0.25) is 4.79 Å². The van der Waals surface area contributed by atoms with Crippen LogP contribution in [0.4, 0.5) is 13.2 Å². The second kappa shape index (κ2) is 3.55. The summed E-state index contributed by atoms with van der Waals surface area (Å²) in [5.41, 5.74) is 0. The Bertz CT molecular complexity index is 198. The third kappa shape index (κ3) is 4.15. The summed E-state index contributed by atoms with van der Waals surface area (Å²) < 4.78 is 35.5. The van der Waals surface area contributed by atoms with Crippen molar-refractivity contribution in [3.05, 3.63) is 0 Å². The molecule has 0 aliphatic heterocycles. The molecular weight excluding hydrogens is 183 g/mol. The van der Waals surface area contributed by atoms with Gasteiger partial charge >= 0.3 is 6.18 Å². The van der Waals surface area contributed by atoms with Gasteiger partial charge < -0.3 is 5.32 Å². The summed E-state index contributed by atoms with van der Waals surface area (Å²) in [6, 6.07) is -0.812. The maximum absolute atomic E-state index is 11.8. The Morgan fingerprint density at radius 1 is 1.54 bits per heavy atom. The maximum atomic E-state index is 11.8. The minimum absolute atomic E-state index is 0.0318. The molecule has 1 N–H and O–H groups in total. The van der Waals surface area contributed by atoms with Gasteiger partial charge in [0, 0.05) is 12.0 Å². The van der Waals surface area contributed by atoms with E-state index in [0.29, 0.717) is 0 Å².